The van der Waals surface area contributed by atoms with Crippen molar-refractivity contribution in [3.63, 3.8) is 0 Å². The lowest BCUT2D eigenvalue weighted by Crippen LogP contribution is -2.36. The first kappa shape index (κ1) is 27.0. The van der Waals surface area contributed by atoms with Gasteiger partial charge in [-0.25, -0.2) is 4.68 Å². The van der Waals surface area contributed by atoms with E-state index in [0.717, 1.165) is 77.7 Å². The summed E-state index contributed by atoms with van der Waals surface area (Å²) in [6, 6.07) is 17.8. The van der Waals surface area contributed by atoms with Gasteiger partial charge in [0.25, 0.3) is 5.91 Å². The van der Waals surface area contributed by atoms with Crippen molar-refractivity contribution >= 4 is 22.9 Å². The molecule has 6 heterocycles. The maximum atomic E-state index is 13.4. The van der Waals surface area contributed by atoms with Crippen molar-refractivity contribution in [3.05, 3.63) is 88.0 Å². The topological polar surface area (TPSA) is 97.5 Å². The molecule has 2 atom stereocenters. The van der Waals surface area contributed by atoms with Crippen LogP contribution in [0.5, 0.6) is 5.75 Å². The first-order valence-corrected chi connectivity index (χ1v) is 14.6. The molecule has 9 bridgehead atoms. The first-order chi connectivity index (χ1) is 19.9. The van der Waals surface area contributed by atoms with Gasteiger partial charge in [0.1, 0.15) is 11.3 Å². The van der Waals surface area contributed by atoms with Crippen molar-refractivity contribution in [1.29, 1.82) is 0 Å². The molecule has 1 aromatic heterocycles. The largest absolute Gasteiger partial charge is 0.494 e. The third-order valence-corrected chi connectivity index (χ3v) is 8.73. The zero-order valence-corrected chi connectivity index (χ0v) is 23.7. The van der Waals surface area contributed by atoms with Crippen LogP contribution >= 0.6 is 0 Å². The van der Waals surface area contributed by atoms with Gasteiger partial charge in [-0.2, -0.15) is 0 Å². The van der Waals surface area contributed by atoms with Crippen LogP contribution in [0.1, 0.15) is 76.7 Å². The summed E-state index contributed by atoms with van der Waals surface area (Å²) in [5.74, 6) is -1.11. The first-order valence-electron chi connectivity index (χ1n) is 14.6. The Morgan fingerprint density at radius 1 is 1.00 bits per heavy atom. The molecule has 0 spiro atoms. The molecule has 4 aromatic rings. The van der Waals surface area contributed by atoms with Gasteiger partial charge in [0.05, 0.1) is 18.0 Å². The third-order valence-electron chi connectivity index (χ3n) is 8.73. The Kier molecular flexibility index (Phi) is 7.47. The number of hydrogen-bond donors (Lipinski definition) is 1. The predicted octanol–water partition coefficient (Wildman–Crippen LogP) is 5.74. The number of carbonyl (C=O) groups excluding carboxylic acids is 1. The monoisotopic (exact) mass is 552 g/mol. The maximum Gasteiger partial charge on any atom is 0.307 e. The number of carboxylic acid groups (broad SMARTS) is 1. The lowest BCUT2D eigenvalue weighted by molar-refractivity contribution is -0.141. The highest BCUT2D eigenvalue weighted by Crippen LogP contribution is 2.38. The van der Waals surface area contributed by atoms with Crippen LogP contribution < -0.4 is 4.74 Å². The summed E-state index contributed by atoms with van der Waals surface area (Å²) < 4.78 is 7.88. The standard InChI is InChI=1S/C33H36N4O4/c1-21-28-13-14-29-31(21)34-35-37(29)16-5-3-4-6-18-41-27-11-9-24(10-12-27)32(38)36-17-15-23-7-8-25(19-26(23)20-36)30(28)22(2)33(39)40/h7-14,19,22,30H,3-6,15-18,20H2,1-2H3,(H,39,40)/t22-,30-/m1/s1. The van der Waals surface area contributed by atoms with Crippen molar-refractivity contribution < 1.29 is 19.4 Å². The molecule has 5 aliphatic rings. The molecule has 8 heteroatoms. The fourth-order valence-electron chi connectivity index (χ4n) is 6.29. The lowest BCUT2D eigenvalue weighted by Gasteiger charge is -2.31. The van der Waals surface area contributed by atoms with E-state index < -0.39 is 11.9 Å². The Labute approximate surface area is 239 Å². The molecule has 8 nitrogen and oxygen atoms in total. The van der Waals surface area contributed by atoms with Crippen LogP contribution in [0.4, 0.5) is 0 Å². The average molecular weight is 553 g/mol. The lowest BCUT2D eigenvalue weighted by atomic mass is 9.78. The number of aromatic nitrogens is 3. The van der Waals surface area contributed by atoms with Crippen molar-refractivity contribution in [2.75, 3.05) is 13.2 Å². The number of ether oxygens (including phenoxy) is 1. The molecular weight excluding hydrogens is 516 g/mol. The Morgan fingerprint density at radius 2 is 1.80 bits per heavy atom. The molecule has 0 radical (unpaired) electrons. The van der Waals surface area contributed by atoms with E-state index in [1.165, 1.54) is 5.56 Å². The third kappa shape index (κ3) is 5.31. The van der Waals surface area contributed by atoms with Crippen LogP contribution in [0.3, 0.4) is 0 Å². The van der Waals surface area contributed by atoms with E-state index >= 15 is 0 Å². The minimum atomic E-state index is -0.850. The van der Waals surface area contributed by atoms with Crippen LogP contribution in [0, 0.1) is 12.8 Å². The minimum Gasteiger partial charge on any atom is -0.494 e. The van der Waals surface area contributed by atoms with Gasteiger partial charge in [0, 0.05) is 31.1 Å². The molecule has 0 saturated carbocycles. The molecule has 0 aliphatic carbocycles. The van der Waals surface area contributed by atoms with Crippen LogP contribution in [-0.4, -0.2) is 50.0 Å². The van der Waals surface area contributed by atoms with Crippen molar-refractivity contribution in [3.8, 4) is 5.75 Å². The molecular formula is C33H36N4O4. The number of amides is 1. The summed E-state index contributed by atoms with van der Waals surface area (Å²) >= 11 is 0. The van der Waals surface area contributed by atoms with Gasteiger partial charge in [0.15, 0.2) is 0 Å². The van der Waals surface area contributed by atoms with Crippen LogP contribution in [0.2, 0.25) is 0 Å². The van der Waals surface area contributed by atoms with E-state index in [9.17, 15) is 14.7 Å². The summed E-state index contributed by atoms with van der Waals surface area (Å²) in [5, 5.41) is 19.1. The highest BCUT2D eigenvalue weighted by Gasteiger charge is 2.31. The molecule has 3 aromatic carbocycles. The quantitative estimate of drug-likeness (QED) is 0.340. The van der Waals surface area contributed by atoms with Crippen molar-refractivity contribution in [1.82, 2.24) is 19.9 Å². The summed E-state index contributed by atoms with van der Waals surface area (Å²) in [6.45, 7) is 6.33. The van der Waals surface area contributed by atoms with Crippen LogP contribution in [0.15, 0.2) is 54.6 Å². The number of rotatable bonds is 2. The Morgan fingerprint density at radius 3 is 2.61 bits per heavy atom. The summed E-state index contributed by atoms with van der Waals surface area (Å²) in [7, 11) is 0. The zero-order valence-electron chi connectivity index (χ0n) is 23.7. The second-order valence-corrected chi connectivity index (χ2v) is 11.4. The van der Waals surface area contributed by atoms with Gasteiger partial charge in [-0.1, -0.05) is 42.8 Å². The van der Waals surface area contributed by atoms with Crippen molar-refractivity contribution in [2.45, 2.75) is 65.0 Å². The van der Waals surface area contributed by atoms with E-state index in [2.05, 4.69) is 28.5 Å². The molecule has 212 valence electrons. The van der Waals surface area contributed by atoms with Gasteiger partial charge in [-0.05, 0) is 90.8 Å². The number of carboxylic acids is 1. The molecule has 0 fully saturated rings. The van der Waals surface area contributed by atoms with Gasteiger partial charge in [-0.15, -0.1) is 5.10 Å². The number of aryl methyl sites for hydroxylation is 2. The summed E-state index contributed by atoms with van der Waals surface area (Å²) in [6.07, 6.45) is 4.81. The van der Waals surface area contributed by atoms with E-state index in [0.29, 0.717) is 25.3 Å². The highest BCUT2D eigenvalue weighted by atomic mass is 16.5. The summed E-state index contributed by atoms with van der Waals surface area (Å²) in [4.78, 5) is 27.7. The van der Waals surface area contributed by atoms with E-state index in [1.807, 2.05) is 52.9 Å². The smallest absolute Gasteiger partial charge is 0.307 e. The number of benzene rings is 3. The molecule has 41 heavy (non-hydrogen) atoms. The zero-order chi connectivity index (χ0) is 28.5. The van der Waals surface area contributed by atoms with Gasteiger partial charge in [-0.3, -0.25) is 9.59 Å². The van der Waals surface area contributed by atoms with Gasteiger partial charge in [0.2, 0.25) is 0 Å². The molecule has 1 N–H and O–H groups in total. The van der Waals surface area contributed by atoms with Crippen LogP contribution in [-0.2, 0) is 24.3 Å². The molecule has 9 rings (SSSR count). The van der Waals surface area contributed by atoms with E-state index in [-0.39, 0.29) is 11.8 Å². The fraction of sp³-hybridized carbons (Fsp3) is 0.394. The average Bonchev–Trinajstić information content (AvgIpc) is 3.40. The molecule has 1 amide bonds. The second kappa shape index (κ2) is 11.4. The van der Waals surface area contributed by atoms with E-state index in [1.54, 1.807) is 6.92 Å². The number of carbonyl (C=O) groups is 2. The molecule has 0 saturated heterocycles. The Bertz CT molecular complexity index is 1590. The minimum absolute atomic E-state index is 0.00849. The van der Waals surface area contributed by atoms with Gasteiger partial charge < -0.3 is 14.7 Å². The Balaban J connectivity index is 1.41. The maximum absolute atomic E-state index is 13.4. The number of hydrogen-bond acceptors (Lipinski definition) is 5. The Hall–Kier alpha value is -4.20. The second-order valence-electron chi connectivity index (χ2n) is 11.4. The SMILES string of the molecule is Cc1c2ccc3c1nnn3CCCCCCOc1ccc(cc1)C(=O)N1CCc3ccc(cc3C1)[C@H]2[C@@H](C)C(=O)O. The predicted molar refractivity (Wildman–Crippen MR) is 156 cm³/mol. The van der Waals surface area contributed by atoms with Gasteiger partial charge >= 0.3 is 5.97 Å². The van der Waals surface area contributed by atoms with Crippen molar-refractivity contribution in [2.24, 2.45) is 5.92 Å². The van der Waals surface area contributed by atoms with Crippen LogP contribution in [0.25, 0.3) is 11.0 Å². The fourth-order valence-corrected chi connectivity index (χ4v) is 6.29. The summed E-state index contributed by atoms with van der Waals surface area (Å²) in [5.41, 5.74) is 7.53. The molecule has 5 aliphatic heterocycles. The van der Waals surface area contributed by atoms with E-state index in [4.69, 9.17) is 4.74 Å². The number of aliphatic carboxylic acids is 1. The number of nitrogens with zero attached hydrogens (tertiary/aromatic N) is 4. The normalized spacial score (nSPS) is 18.6. The highest BCUT2D eigenvalue weighted by molar-refractivity contribution is 5.94. The molecule has 0 unspecified atom stereocenters.